The van der Waals surface area contributed by atoms with Crippen molar-refractivity contribution in [1.29, 1.82) is 0 Å². The van der Waals surface area contributed by atoms with Gasteiger partial charge in [-0.25, -0.2) is 0 Å². The first kappa shape index (κ1) is 18.1. The van der Waals surface area contributed by atoms with Crippen LogP contribution in [0.25, 0.3) is 0 Å². The minimum Gasteiger partial charge on any atom is -0.508 e. The molecule has 0 amide bonds. The largest absolute Gasteiger partial charge is 0.508 e. The maximum atomic E-state index is 10.1. The van der Waals surface area contributed by atoms with Crippen LogP contribution < -0.4 is 4.74 Å². The Kier molecular flexibility index (Phi) is 5.62. The van der Waals surface area contributed by atoms with Crippen LogP contribution >= 0.6 is 0 Å². The van der Waals surface area contributed by atoms with E-state index in [0.29, 0.717) is 5.75 Å². The number of benzene rings is 3. The number of hydrogen-bond acceptors (Lipinski definition) is 2. The molecule has 0 radical (unpaired) electrons. The number of ether oxygens (including phenoxy) is 1. The Labute approximate surface area is 156 Å². The molecule has 3 aromatic rings. The van der Waals surface area contributed by atoms with E-state index in [4.69, 9.17) is 4.74 Å². The van der Waals surface area contributed by atoms with Crippen molar-refractivity contribution >= 4 is 0 Å². The van der Waals surface area contributed by atoms with Crippen LogP contribution in [-0.4, -0.2) is 5.11 Å². The van der Waals surface area contributed by atoms with Crippen molar-refractivity contribution in [2.75, 3.05) is 0 Å². The van der Waals surface area contributed by atoms with Crippen molar-refractivity contribution < 1.29 is 9.84 Å². The molecule has 0 fully saturated rings. The van der Waals surface area contributed by atoms with Gasteiger partial charge >= 0.3 is 0 Å². The SMILES string of the molecule is CC(C)(CCCc1cccc(Oc2ccccc2)c1)c1ccccc1O. The molecule has 2 heteroatoms. The monoisotopic (exact) mass is 346 g/mol. The zero-order valence-electron chi connectivity index (χ0n) is 15.5. The summed E-state index contributed by atoms with van der Waals surface area (Å²) in [6.45, 7) is 4.38. The van der Waals surface area contributed by atoms with Crippen LogP contribution in [0.4, 0.5) is 0 Å². The summed E-state index contributed by atoms with van der Waals surface area (Å²) in [7, 11) is 0. The lowest BCUT2D eigenvalue weighted by Gasteiger charge is -2.26. The molecule has 0 saturated carbocycles. The molecule has 26 heavy (non-hydrogen) atoms. The minimum absolute atomic E-state index is 0.0521. The summed E-state index contributed by atoms with van der Waals surface area (Å²) in [4.78, 5) is 0. The lowest BCUT2D eigenvalue weighted by molar-refractivity contribution is 0.412. The van der Waals surface area contributed by atoms with Gasteiger partial charge in [-0.2, -0.15) is 0 Å². The predicted molar refractivity (Wildman–Crippen MR) is 107 cm³/mol. The van der Waals surface area contributed by atoms with Crippen molar-refractivity contribution in [3.8, 4) is 17.2 Å². The van der Waals surface area contributed by atoms with Crippen LogP contribution in [0.1, 0.15) is 37.8 Å². The Hall–Kier alpha value is -2.74. The first-order valence-corrected chi connectivity index (χ1v) is 9.15. The zero-order valence-corrected chi connectivity index (χ0v) is 15.5. The van der Waals surface area contributed by atoms with E-state index in [2.05, 4.69) is 26.0 Å². The van der Waals surface area contributed by atoms with Gasteiger partial charge in [-0.1, -0.05) is 62.4 Å². The van der Waals surface area contributed by atoms with Crippen molar-refractivity contribution in [1.82, 2.24) is 0 Å². The summed E-state index contributed by atoms with van der Waals surface area (Å²) in [5.41, 5.74) is 2.23. The van der Waals surface area contributed by atoms with Gasteiger partial charge in [0, 0.05) is 0 Å². The molecule has 0 unspecified atom stereocenters. The van der Waals surface area contributed by atoms with E-state index in [-0.39, 0.29) is 5.41 Å². The van der Waals surface area contributed by atoms with E-state index in [1.165, 1.54) is 5.56 Å². The van der Waals surface area contributed by atoms with Gasteiger partial charge in [-0.05, 0) is 66.1 Å². The van der Waals surface area contributed by atoms with Gasteiger partial charge in [-0.15, -0.1) is 0 Å². The Bertz CT molecular complexity index is 838. The van der Waals surface area contributed by atoms with Crippen molar-refractivity contribution in [3.63, 3.8) is 0 Å². The molecule has 0 aromatic heterocycles. The molecule has 134 valence electrons. The van der Waals surface area contributed by atoms with Gasteiger partial charge in [0.15, 0.2) is 0 Å². The second-order valence-corrected chi connectivity index (χ2v) is 7.32. The van der Waals surface area contributed by atoms with E-state index in [1.807, 2.05) is 60.7 Å². The first-order chi connectivity index (χ1) is 12.5. The molecule has 0 aliphatic rings. The summed E-state index contributed by atoms with van der Waals surface area (Å²) >= 11 is 0. The fourth-order valence-electron chi connectivity index (χ4n) is 3.30. The predicted octanol–water partition coefficient (Wildman–Crippen LogP) is 6.49. The third-order valence-corrected chi connectivity index (χ3v) is 4.78. The summed E-state index contributed by atoms with van der Waals surface area (Å²) in [5.74, 6) is 2.11. The molecule has 3 aromatic carbocycles. The third-order valence-electron chi connectivity index (χ3n) is 4.78. The molecule has 0 aliphatic carbocycles. The van der Waals surface area contributed by atoms with Gasteiger partial charge in [0.25, 0.3) is 0 Å². The van der Waals surface area contributed by atoms with Gasteiger partial charge < -0.3 is 9.84 Å². The fourth-order valence-corrected chi connectivity index (χ4v) is 3.30. The molecule has 0 bridgehead atoms. The van der Waals surface area contributed by atoms with Crippen LogP contribution in [0.5, 0.6) is 17.2 Å². The zero-order chi connectivity index (χ0) is 18.4. The molecule has 1 N–H and O–H groups in total. The van der Waals surface area contributed by atoms with Gasteiger partial charge in [0.05, 0.1) is 0 Å². The molecule has 0 spiro atoms. The van der Waals surface area contributed by atoms with E-state index < -0.39 is 0 Å². The number of rotatable bonds is 7. The molecule has 0 heterocycles. The molecular weight excluding hydrogens is 320 g/mol. The second-order valence-electron chi connectivity index (χ2n) is 7.32. The smallest absolute Gasteiger partial charge is 0.127 e. The van der Waals surface area contributed by atoms with Crippen LogP contribution in [0, 0.1) is 0 Å². The number of para-hydroxylation sites is 2. The third kappa shape index (κ3) is 4.66. The highest BCUT2D eigenvalue weighted by Gasteiger charge is 2.22. The lowest BCUT2D eigenvalue weighted by atomic mass is 9.79. The average Bonchev–Trinajstić information content (AvgIpc) is 2.63. The first-order valence-electron chi connectivity index (χ1n) is 9.15. The van der Waals surface area contributed by atoms with Crippen molar-refractivity contribution in [3.05, 3.63) is 90.0 Å². The molecule has 0 aliphatic heterocycles. The average molecular weight is 346 g/mol. The Morgan fingerprint density at radius 3 is 2.27 bits per heavy atom. The van der Waals surface area contributed by atoms with E-state index in [0.717, 1.165) is 36.3 Å². The highest BCUT2D eigenvalue weighted by atomic mass is 16.5. The maximum Gasteiger partial charge on any atom is 0.127 e. The second kappa shape index (κ2) is 8.09. The summed E-state index contributed by atoms with van der Waals surface area (Å²) in [5, 5.41) is 10.1. The maximum absolute atomic E-state index is 10.1. The Balaban J connectivity index is 1.60. The summed E-state index contributed by atoms with van der Waals surface area (Å²) in [6, 6.07) is 25.8. The molecule has 3 rings (SSSR count). The number of phenolic OH excluding ortho intramolecular Hbond substituents is 1. The summed E-state index contributed by atoms with van der Waals surface area (Å²) < 4.78 is 5.92. The molecule has 2 nitrogen and oxygen atoms in total. The number of aromatic hydroxyl groups is 1. The Morgan fingerprint density at radius 2 is 1.50 bits per heavy atom. The van der Waals surface area contributed by atoms with Crippen LogP contribution in [-0.2, 0) is 11.8 Å². The van der Waals surface area contributed by atoms with Crippen molar-refractivity contribution in [2.24, 2.45) is 0 Å². The number of phenols is 1. The van der Waals surface area contributed by atoms with Crippen LogP contribution in [0.2, 0.25) is 0 Å². The van der Waals surface area contributed by atoms with Gasteiger partial charge in [-0.3, -0.25) is 0 Å². The van der Waals surface area contributed by atoms with Crippen molar-refractivity contribution in [2.45, 2.75) is 38.5 Å². The highest BCUT2D eigenvalue weighted by molar-refractivity contribution is 5.38. The topological polar surface area (TPSA) is 29.5 Å². The van der Waals surface area contributed by atoms with Crippen LogP contribution in [0.3, 0.4) is 0 Å². The van der Waals surface area contributed by atoms with E-state index in [9.17, 15) is 5.11 Å². The van der Waals surface area contributed by atoms with E-state index >= 15 is 0 Å². The summed E-state index contributed by atoms with van der Waals surface area (Å²) in [6.07, 6.45) is 3.05. The fraction of sp³-hybridized carbons (Fsp3) is 0.250. The standard InChI is InChI=1S/C24H26O2/c1-24(2,22-15-6-7-16-23(22)25)17-9-11-19-10-8-14-21(18-19)26-20-12-4-3-5-13-20/h3-8,10,12-16,18,25H,9,11,17H2,1-2H3. The lowest BCUT2D eigenvalue weighted by Crippen LogP contribution is -2.17. The number of aryl methyl sites for hydroxylation is 1. The molecular formula is C24H26O2. The normalized spacial score (nSPS) is 11.3. The van der Waals surface area contributed by atoms with Crippen LogP contribution in [0.15, 0.2) is 78.9 Å². The minimum atomic E-state index is -0.0521. The van der Waals surface area contributed by atoms with E-state index in [1.54, 1.807) is 6.07 Å². The molecule has 0 atom stereocenters. The van der Waals surface area contributed by atoms with Gasteiger partial charge in [0.1, 0.15) is 17.2 Å². The van der Waals surface area contributed by atoms with Gasteiger partial charge in [0.2, 0.25) is 0 Å². The number of hydrogen-bond donors (Lipinski definition) is 1. The quantitative estimate of drug-likeness (QED) is 0.530. The molecule has 0 saturated heterocycles. The highest BCUT2D eigenvalue weighted by Crippen LogP contribution is 2.34. The Morgan fingerprint density at radius 1 is 0.808 bits per heavy atom.